The van der Waals surface area contributed by atoms with Crippen molar-refractivity contribution in [2.24, 2.45) is 0 Å². The van der Waals surface area contributed by atoms with Gasteiger partial charge in [-0.25, -0.2) is 21.1 Å². The van der Waals surface area contributed by atoms with Crippen LogP contribution in [0.3, 0.4) is 0 Å². The molecule has 0 aliphatic carbocycles. The minimum atomic E-state index is -3.49. The molecule has 2 rings (SSSR count). The van der Waals surface area contributed by atoms with Gasteiger partial charge >= 0.3 is 0 Å². The minimum Gasteiger partial charge on any atom is -0.484 e. The van der Waals surface area contributed by atoms with E-state index in [0.29, 0.717) is 18.0 Å². The zero-order chi connectivity index (χ0) is 23.2. The number of amides is 1. The average Bonchev–Trinajstić information content (AvgIpc) is 2.71. The zero-order valence-electron chi connectivity index (χ0n) is 17.9. The van der Waals surface area contributed by atoms with Gasteiger partial charge < -0.3 is 10.1 Å². The number of carbonyl (C=O) groups is 1. The number of benzene rings is 2. The van der Waals surface area contributed by atoms with Crippen LogP contribution in [0.15, 0.2) is 53.4 Å². The second-order valence-corrected chi connectivity index (χ2v) is 11.0. The number of nitrogens with one attached hydrogen (secondary N) is 1. The van der Waals surface area contributed by atoms with Crippen molar-refractivity contribution in [3.63, 3.8) is 0 Å². The standard InChI is InChI=1S/C20H27N3O6S2/c1-5-23(30(4,25)26)17-8-10-18(11-9-17)29-15-20(24)21-14-16-6-12-19(13-7-16)31(27,28)22(2)3/h6-13H,5,14-15H2,1-4H3,(H,21,24). The molecule has 170 valence electrons. The molecule has 0 aliphatic heterocycles. The first-order valence-corrected chi connectivity index (χ1v) is 12.7. The van der Waals surface area contributed by atoms with Crippen molar-refractivity contribution in [3.8, 4) is 5.75 Å². The molecule has 0 fully saturated rings. The van der Waals surface area contributed by atoms with Gasteiger partial charge in [0.1, 0.15) is 5.75 Å². The van der Waals surface area contributed by atoms with Crippen molar-refractivity contribution in [2.45, 2.75) is 18.4 Å². The SMILES string of the molecule is CCN(c1ccc(OCC(=O)NCc2ccc(S(=O)(=O)N(C)C)cc2)cc1)S(C)(=O)=O. The first kappa shape index (κ1) is 24.6. The van der Waals surface area contributed by atoms with Gasteiger partial charge in [0.2, 0.25) is 20.0 Å². The quantitative estimate of drug-likeness (QED) is 0.563. The maximum absolute atomic E-state index is 12.1. The summed E-state index contributed by atoms with van der Waals surface area (Å²) < 4.78 is 55.5. The third-order valence-corrected chi connectivity index (χ3v) is 7.47. The van der Waals surface area contributed by atoms with Crippen LogP contribution in [0.2, 0.25) is 0 Å². The van der Waals surface area contributed by atoms with Crippen LogP contribution in [0.4, 0.5) is 5.69 Å². The lowest BCUT2D eigenvalue weighted by molar-refractivity contribution is -0.123. The summed E-state index contributed by atoms with van der Waals surface area (Å²) in [6, 6.07) is 12.7. The second kappa shape index (κ2) is 10.1. The van der Waals surface area contributed by atoms with Crippen LogP contribution in [0.25, 0.3) is 0 Å². The molecule has 2 aromatic carbocycles. The lowest BCUT2D eigenvalue weighted by Crippen LogP contribution is -2.29. The Morgan fingerprint density at radius 2 is 1.55 bits per heavy atom. The maximum atomic E-state index is 12.1. The summed E-state index contributed by atoms with van der Waals surface area (Å²) in [7, 11) is -3.93. The molecule has 0 atom stereocenters. The molecule has 11 heteroatoms. The number of anilines is 1. The molecule has 0 aromatic heterocycles. The molecule has 0 radical (unpaired) electrons. The minimum absolute atomic E-state index is 0.178. The number of hydrogen-bond acceptors (Lipinski definition) is 6. The van der Waals surface area contributed by atoms with E-state index in [-0.39, 0.29) is 24.0 Å². The first-order chi connectivity index (χ1) is 14.4. The Morgan fingerprint density at radius 3 is 2.03 bits per heavy atom. The molecule has 31 heavy (non-hydrogen) atoms. The normalized spacial score (nSPS) is 11.9. The molecule has 1 amide bonds. The second-order valence-electron chi connectivity index (χ2n) is 6.92. The molecule has 0 heterocycles. The van der Waals surface area contributed by atoms with Crippen LogP contribution in [-0.2, 0) is 31.4 Å². The predicted molar refractivity (Wildman–Crippen MR) is 119 cm³/mol. The van der Waals surface area contributed by atoms with Crippen molar-refractivity contribution < 1.29 is 26.4 Å². The van der Waals surface area contributed by atoms with Crippen molar-refractivity contribution in [2.75, 3.05) is 37.8 Å². The van der Waals surface area contributed by atoms with Crippen LogP contribution in [-0.4, -0.2) is 60.6 Å². The van der Waals surface area contributed by atoms with E-state index < -0.39 is 20.0 Å². The molecular weight excluding hydrogens is 442 g/mol. The van der Waals surface area contributed by atoms with Crippen LogP contribution >= 0.6 is 0 Å². The smallest absolute Gasteiger partial charge is 0.258 e. The summed E-state index contributed by atoms with van der Waals surface area (Å²) in [6.07, 6.45) is 1.14. The molecule has 1 N–H and O–H groups in total. The van der Waals surface area contributed by atoms with Crippen molar-refractivity contribution in [1.29, 1.82) is 0 Å². The van der Waals surface area contributed by atoms with Gasteiger partial charge in [0.05, 0.1) is 16.8 Å². The number of hydrogen-bond donors (Lipinski definition) is 1. The number of ether oxygens (including phenoxy) is 1. The summed E-state index contributed by atoms with van der Waals surface area (Å²) in [5, 5.41) is 2.70. The number of carbonyl (C=O) groups excluding carboxylic acids is 1. The van der Waals surface area contributed by atoms with E-state index in [2.05, 4.69) is 5.32 Å². The molecule has 9 nitrogen and oxygen atoms in total. The molecular formula is C20H27N3O6S2. The summed E-state index contributed by atoms with van der Waals surface area (Å²) in [5.41, 5.74) is 1.26. The Balaban J connectivity index is 1.87. The fourth-order valence-electron chi connectivity index (χ4n) is 2.71. The lowest BCUT2D eigenvalue weighted by atomic mass is 10.2. The van der Waals surface area contributed by atoms with Gasteiger partial charge in [-0.3, -0.25) is 9.10 Å². The highest BCUT2D eigenvalue weighted by molar-refractivity contribution is 7.92. The van der Waals surface area contributed by atoms with Crippen LogP contribution < -0.4 is 14.4 Å². The van der Waals surface area contributed by atoms with Gasteiger partial charge in [-0.1, -0.05) is 12.1 Å². The van der Waals surface area contributed by atoms with Crippen LogP contribution in [0.5, 0.6) is 5.75 Å². The highest BCUT2D eigenvalue weighted by Crippen LogP contribution is 2.21. The van der Waals surface area contributed by atoms with Gasteiger partial charge in [0.25, 0.3) is 5.91 Å². The van der Waals surface area contributed by atoms with Gasteiger partial charge in [-0.15, -0.1) is 0 Å². The van der Waals surface area contributed by atoms with E-state index in [1.54, 1.807) is 43.3 Å². The Morgan fingerprint density at radius 1 is 0.968 bits per heavy atom. The van der Waals surface area contributed by atoms with Crippen LogP contribution in [0, 0.1) is 0 Å². The van der Waals surface area contributed by atoms with Gasteiger partial charge in [0.15, 0.2) is 6.61 Å². The molecule has 0 saturated heterocycles. The van der Waals surface area contributed by atoms with Gasteiger partial charge in [0, 0.05) is 27.2 Å². The maximum Gasteiger partial charge on any atom is 0.258 e. The third-order valence-electron chi connectivity index (χ3n) is 4.37. The third kappa shape index (κ3) is 6.68. The highest BCUT2D eigenvalue weighted by atomic mass is 32.2. The van der Waals surface area contributed by atoms with Crippen molar-refractivity contribution >= 4 is 31.6 Å². The number of sulfonamides is 2. The lowest BCUT2D eigenvalue weighted by Gasteiger charge is -2.20. The van der Waals surface area contributed by atoms with E-state index in [1.807, 2.05) is 0 Å². The summed E-state index contributed by atoms with van der Waals surface area (Å²) in [6.45, 7) is 2.06. The first-order valence-electron chi connectivity index (χ1n) is 9.44. The fraction of sp³-hybridized carbons (Fsp3) is 0.350. The van der Waals surface area contributed by atoms with Crippen LogP contribution in [0.1, 0.15) is 12.5 Å². The molecule has 0 bridgehead atoms. The largest absolute Gasteiger partial charge is 0.484 e. The van der Waals surface area contributed by atoms with Gasteiger partial charge in [-0.2, -0.15) is 0 Å². The Hall–Kier alpha value is -2.63. The van der Waals surface area contributed by atoms with E-state index in [1.165, 1.54) is 30.5 Å². The summed E-state index contributed by atoms with van der Waals surface area (Å²) in [5.74, 6) is 0.0853. The predicted octanol–water partition coefficient (Wildman–Crippen LogP) is 1.42. The number of rotatable bonds is 10. The van der Waals surface area contributed by atoms with Crippen molar-refractivity contribution in [3.05, 3.63) is 54.1 Å². The zero-order valence-corrected chi connectivity index (χ0v) is 19.5. The summed E-state index contributed by atoms with van der Waals surface area (Å²) in [4.78, 5) is 12.2. The number of nitrogens with zero attached hydrogens (tertiary/aromatic N) is 2. The highest BCUT2D eigenvalue weighted by Gasteiger charge is 2.17. The Labute approximate surface area is 183 Å². The van der Waals surface area contributed by atoms with Gasteiger partial charge in [-0.05, 0) is 48.9 Å². The van der Waals surface area contributed by atoms with E-state index in [9.17, 15) is 21.6 Å². The molecule has 0 saturated carbocycles. The van der Waals surface area contributed by atoms with E-state index >= 15 is 0 Å². The summed E-state index contributed by atoms with van der Waals surface area (Å²) >= 11 is 0. The fourth-order valence-corrected chi connectivity index (χ4v) is 4.58. The van der Waals surface area contributed by atoms with Crippen molar-refractivity contribution in [1.82, 2.24) is 9.62 Å². The molecule has 0 aliphatic rings. The monoisotopic (exact) mass is 469 g/mol. The topological polar surface area (TPSA) is 113 Å². The Bertz CT molecular complexity index is 1100. The molecule has 0 unspecified atom stereocenters. The molecule has 0 spiro atoms. The van der Waals surface area contributed by atoms with E-state index in [0.717, 1.165) is 16.1 Å². The van der Waals surface area contributed by atoms with E-state index in [4.69, 9.17) is 4.74 Å². The Kier molecular flexibility index (Phi) is 8.04. The average molecular weight is 470 g/mol. The molecule has 2 aromatic rings.